The lowest BCUT2D eigenvalue weighted by Crippen LogP contribution is -2.44. The fraction of sp³-hybridized carbons (Fsp3) is 0.353. The number of carbonyl (C=O) groups is 2. The monoisotopic (exact) mass is 684 g/mol. The van der Waals surface area contributed by atoms with Crippen molar-refractivity contribution in [1.82, 2.24) is 10.0 Å². The largest absolute Gasteiger partial charge is 0.543 e. The summed E-state index contributed by atoms with van der Waals surface area (Å²) in [5.74, 6) is -3.20. The highest BCUT2D eigenvalue weighted by atomic mass is 32.2. The minimum absolute atomic E-state index is 0.0924. The van der Waals surface area contributed by atoms with Crippen LogP contribution in [0, 0.1) is 11.6 Å². The van der Waals surface area contributed by atoms with Crippen molar-refractivity contribution in [3.05, 3.63) is 88.0 Å². The number of furan rings is 1. The van der Waals surface area contributed by atoms with E-state index in [0.717, 1.165) is 30.5 Å². The predicted octanol–water partition coefficient (Wildman–Crippen LogP) is 7.32. The molecule has 3 N–H and O–H groups in total. The number of benzene rings is 3. The summed E-state index contributed by atoms with van der Waals surface area (Å²) < 4.78 is 70.2. The second kappa shape index (κ2) is 12.5. The fourth-order valence-corrected chi connectivity index (χ4v) is 7.28. The van der Waals surface area contributed by atoms with E-state index >= 15 is 4.39 Å². The van der Waals surface area contributed by atoms with Crippen molar-refractivity contribution >= 4 is 41.2 Å². The zero-order chi connectivity index (χ0) is 34.5. The van der Waals surface area contributed by atoms with Crippen LogP contribution in [0.2, 0.25) is 18.1 Å². The summed E-state index contributed by atoms with van der Waals surface area (Å²) in [6, 6.07) is 11.0. The lowest BCUT2D eigenvalue weighted by molar-refractivity contribution is 0.0694. The van der Waals surface area contributed by atoms with E-state index in [1.807, 2.05) is 33.9 Å². The Hall–Kier alpha value is -4.07. The normalized spacial score (nSPS) is 14.0. The van der Waals surface area contributed by atoms with E-state index in [1.165, 1.54) is 31.3 Å². The molecule has 4 aromatic rings. The fourth-order valence-electron chi connectivity index (χ4n) is 5.11. The third-order valence-corrected chi connectivity index (χ3v) is 14.5. The van der Waals surface area contributed by atoms with Gasteiger partial charge >= 0.3 is 5.97 Å². The van der Waals surface area contributed by atoms with Crippen molar-refractivity contribution in [2.24, 2.45) is 0 Å². The van der Waals surface area contributed by atoms with Crippen molar-refractivity contribution in [2.75, 3.05) is 7.05 Å². The highest BCUT2D eigenvalue weighted by Crippen LogP contribution is 2.45. The Kier molecular flexibility index (Phi) is 9.12. The van der Waals surface area contributed by atoms with Crippen LogP contribution in [-0.4, -0.2) is 40.8 Å². The van der Waals surface area contributed by atoms with Crippen LogP contribution in [0.3, 0.4) is 0 Å². The number of nitrogens with one attached hydrogen (secondary N) is 2. The first-order valence-corrected chi connectivity index (χ1v) is 19.8. The Morgan fingerprint density at radius 3 is 2.28 bits per heavy atom. The molecule has 1 aliphatic carbocycles. The molecule has 0 unspecified atom stereocenters. The zero-order valence-corrected chi connectivity index (χ0v) is 28.9. The molecule has 1 heterocycles. The van der Waals surface area contributed by atoms with Gasteiger partial charge in [-0.3, -0.25) is 4.79 Å². The van der Waals surface area contributed by atoms with E-state index in [0.29, 0.717) is 16.5 Å². The number of halogens is 2. The van der Waals surface area contributed by atoms with E-state index in [-0.39, 0.29) is 44.7 Å². The Morgan fingerprint density at radius 1 is 1.04 bits per heavy atom. The quantitative estimate of drug-likeness (QED) is 0.141. The van der Waals surface area contributed by atoms with Gasteiger partial charge in [0.2, 0.25) is 10.0 Å². The average Bonchev–Trinajstić information content (AvgIpc) is 3.75. The molecule has 3 aromatic carbocycles. The summed E-state index contributed by atoms with van der Waals surface area (Å²) in [4.78, 5) is 25.1. The highest BCUT2D eigenvalue weighted by molar-refractivity contribution is 7.88. The molecule has 250 valence electrons. The number of amides is 1. The van der Waals surface area contributed by atoms with Gasteiger partial charge in [0.15, 0.2) is 0 Å². The zero-order valence-electron chi connectivity index (χ0n) is 27.1. The van der Waals surface area contributed by atoms with Crippen LogP contribution in [0.25, 0.3) is 22.3 Å². The minimum atomic E-state index is -4.07. The molecule has 1 fully saturated rings. The van der Waals surface area contributed by atoms with E-state index in [2.05, 4.69) is 10.0 Å². The average molecular weight is 685 g/mol. The van der Waals surface area contributed by atoms with Gasteiger partial charge in [-0.25, -0.2) is 26.7 Å². The van der Waals surface area contributed by atoms with Crippen LogP contribution < -0.4 is 14.5 Å². The van der Waals surface area contributed by atoms with Crippen LogP contribution in [0.1, 0.15) is 76.9 Å². The molecule has 1 aliphatic rings. The number of fused-ring (bicyclic) bond motifs is 1. The first kappa shape index (κ1) is 34.3. The highest BCUT2D eigenvalue weighted by Gasteiger charge is 2.40. The van der Waals surface area contributed by atoms with Gasteiger partial charge in [0.05, 0.1) is 11.3 Å². The number of carboxylic acid groups (broad SMARTS) is 1. The number of hydrogen-bond donors (Lipinski definition) is 3. The number of carbonyl (C=O) groups excluding carboxylic acids is 1. The summed E-state index contributed by atoms with van der Waals surface area (Å²) >= 11 is 0. The van der Waals surface area contributed by atoms with Crippen molar-refractivity contribution in [3.8, 4) is 17.1 Å². The van der Waals surface area contributed by atoms with Crippen LogP contribution in [0.5, 0.6) is 5.75 Å². The van der Waals surface area contributed by atoms with E-state index in [4.69, 9.17) is 8.84 Å². The molecule has 0 spiro atoms. The molecule has 9 nitrogen and oxygen atoms in total. The maximum absolute atomic E-state index is 15.3. The maximum atomic E-state index is 15.3. The van der Waals surface area contributed by atoms with Crippen LogP contribution >= 0.6 is 0 Å². The Balaban J connectivity index is 1.45. The van der Waals surface area contributed by atoms with E-state index < -0.39 is 54.1 Å². The van der Waals surface area contributed by atoms with Gasteiger partial charge in [-0.15, -0.1) is 0 Å². The third kappa shape index (κ3) is 7.26. The number of aromatic carboxylic acids is 1. The molecular weight excluding hydrogens is 647 g/mol. The number of carboxylic acids is 1. The topological polar surface area (TPSA) is 135 Å². The Morgan fingerprint density at radius 2 is 1.70 bits per heavy atom. The molecule has 0 bridgehead atoms. The molecule has 0 saturated heterocycles. The maximum Gasteiger partial charge on any atom is 0.339 e. The summed E-state index contributed by atoms with van der Waals surface area (Å²) in [6.07, 6.45) is 1.69. The SMILES string of the molecule is CNC(=O)c1c(-c2ccc(F)cc2)oc2cc(CS(=O)(=O)NCc3cc(C(=O)O)c(O[Si](C)(C)C(C)(C)C)cc3F)c(C3CC3)cc12. The lowest BCUT2D eigenvalue weighted by atomic mass is 9.98. The first-order valence-electron chi connectivity index (χ1n) is 15.2. The van der Waals surface area contributed by atoms with Gasteiger partial charge in [-0.05, 0) is 90.5 Å². The van der Waals surface area contributed by atoms with Gasteiger partial charge < -0.3 is 19.3 Å². The van der Waals surface area contributed by atoms with Gasteiger partial charge in [-0.2, -0.15) is 0 Å². The summed E-state index contributed by atoms with van der Waals surface area (Å²) in [5, 5.41) is 12.7. The molecule has 47 heavy (non-hydrogen) atoms. The molecule has 13 heteroatoms. The second-order valence-electron chi connectivity index (χ2n) is 13.4. The third-order valence-electron chi connectivity index (χ3n) is 8.91. The molecule has 1 amide bonds. The molecule has 0 atom stereocenters. The van der Waals surface area contributed by atoms with Crippen LogP contribution in [-0.2, 0) is 22.3 Å². The standard InChI is InChI=1S/C34H38F2N2O7SSi/c1-34(2,3)47(5,6)45-29-16-27(36)21(13-26(29)33(40)41)17-38-46(42,43)18-22-14-28-25(15-24(22)19-7-8-19)30(32(39)37-4)31(44-28)20-9-11-23(35)12-10-20/h9-16,19,38H,7-8,17-18H2,1-6H3,(H,37,39)(H,40,41). The van der Waals surface area contributed by atoms with Crippen LogP contribution in [0.15, 0.2) is 52.9 Å². The number of sulfonamides is 1. The molecule has 1 saturated carbocycles. The summed E-state index contributed by atoms with van der Waals surface area (Å²) in [7, 11) is -5.09. The molecule has 0 radical (unpaired) electrons. The molecular formula is C34H38F2N2O7SSi. The molecule has 0 aliphatic heterocycles. The predicted molar refractivity (Wildman–Crippen MR) is 178 cm³/mol. The number of hydrogen-bond acceptors (Lipinski definition) is 6. The van der Waals surface area contributed by atoms with Gasteiger partial charge in [0, 0.05) is 36.2 Å². The smallest absolute Gasteiger partial charge is 0.339 e. The lowest BCUT2D eigenvalue weighted by Gasteiger charge is -2.36. The van der Waals surface area contributed by atoms with Crippen molar-refractivity contribution in [3.63, 3.8) is 0 Å². The van der Waals surface area contributed by atoms with E-state index in [9.17, 15) is 27.5 Å². The van der Waals surface area contributed by atoms with Crippen molar-refractivity contribution in [2.45, 2.75) is 70.0 Å². The van der Waals surface area contributed by atoms with Gasteiger partial charge in [-0.1, -0.05) is 20.8 Å². The van der Waals surface area contributed by atoms with Crippen LogP contribution in [0.4, 0.5) is 8.78 Å². The molecule has 1 aromatic heterocycles. The van der Waals surface area contributed by atoms with Gasteiger partial charge in [0.25, 0.3) is 14.2 Å². The van der Waals surface area contributed by atoms with Crippen molar-refractivity contribution < 1.29 is 40.7 Å². The summed E-state index contributed by atoms with van der Waals surface area (Å²) in [5.41, 5.74) is 1.84. The van der Waals surface area contributed by atoms with E-state index in [1.54, 1.807) is 12.1 Å². The Labute approximate surface area is 273 Å². The van der Waals surface area contributed by atoms with Crippen molar-refractivity contribution in [1.29, 1.82) is 0 Å². The minimum Gasteiger partial charge on any atom is -0.543 e. The molecule has 5 rings (SSSR count). The van der Waals surface area contributed by atoms with Gasteiger partial charge in [0.1, 0.15) is 34.3 Å². The second-order valence-corrected chi connectivity index (χ2v) is 19.9. The first-order chi connectivity index (χ1) is 21.9. The summed E-state index contributed by atoms with van der Waals surface area (Å²) in [6.45, 7) is 9.27. The Bertz CT molecular complexity index is 1980. The number of rotatable bonds is 11.